The van der Waals surface area contributed by atoms with Gasteiger partial charge in [0.1, 0.15) is 28.7 Å². The molecule has 5 nitrogen and oxygen atoms in total. The molecule has 0 bridgehead atoms. The molecule has 6 heteroatoms. The predicted molar refractivity (Wildman–Crippen MR) is 238 cm³/mol. The van der Waals surface area contributed by atoms with E-state index in [4.69, 9.17) is 23.7 Å². The number of thioether (sulfide) groups is 1. The summed E-state index contributed by atoms with van der Waals surface area (Å²) >= 11 is 1.87. The zero-order valence-electron chi connectivity index (χ0n) is 36.5. The molecule has 5 aromatic carbocycles. The number of methoxy groups -OCH3 is 3. The topological polar surface area (TPSA) is 46.2 Å². The number of ether oxygens (including phenoxy) is 5. The molecule has 0 radical (unpaired) electrons. The predicted octanol–water partition coefficient (Wildman–Crippen LogP) is 13.6. The molecule has 0 aromatic heterocycles. The van der Waals surface area contributed by atoms with Gasteiger partial charge in [0.2, 0.25) is 0 Å². The van der Waals surface area contributed by atoms with Gasteiger partial charge in [-0.1, -0.05) is 117 Å². The van der Waals surface area contributed by atoms with Gasteiger partial charge in [0.05, 0.1) is 26.2 Å². The minimum atomic E-state index is -0.938. The smallest absolute Gasteiger partial charge is 0.178 e. The summed E-state index contributed by atoms with van der Waals surface area (Å²) in [4.78, 5) is 0.647. The summed E-state index contributed by atoms with van der Waals surface area (Å²) in [6, 6.07) is 28.1. The lowest BCUT2D eigenvalue weighted by Gasteiger charge is -2.48. The fraction of sp³-hybridized carbons (Fsp3) is 0.423. The second-order valence-corrected chi connectivity index (χ2v) is 21.6. The molecule has 4 aliphatic rings. The van der Waals surface area contributed by atoms with Crippen molar-refractivity contribution in [3.63, 3.8) is 0 Å². The summed E-state index contributed by atoms with van der Waals surface area (Å²) in [5, 5.41) is 2.25. The van der Waals surface area contributed by atoms with Gasteiger partial charge < -0.3 is 23.7 Å². The maximum atomic E-state index is 7.83. The van der Waals surface area contributed by atoms with Crippen molar-refractivity contribution in [2.45, 2.75) is 103 Å². The van der Waals surface area contributed by atoms with Crippen LogP contribution < -0.4 is 23.7 Å². The van der Waals surface area contributed by atoms with Crippen molar-refractivity contribution in [2.75, 3.05) is 21.3 Å². The molecule has 2 aliphatic carbocycles. The number of hydrogen-bond donors (Lipinski definition) is 0. The second-order valence-electron chi connectivity index (χ2n) is 20.4. The number of fused-ring (bicyclic) bond motifs is 11. The quantitative estimate of drug-likeness (QED) is 0.177. The van der Waals surface area contributed by atoms with Crippen molar-refractivity contribution < 1.29 is 23.7 Å². The monoisotopic (exact) mass is 794 g/mol. The van der Waals surface area contributed by atoms with Crippen LogP contribution in [0.3, 0.4) is 0 Å². The molecular weight excluding hydrogens is 737 g/mol. The second kappa shape index (κ2) is 12.5. The van der Waals surface area contributed by atoms with Crippen molar-refractivity contribution in [3.05, 3.63) is 113 Å². The molecule has 2 aliphatic heterocycles. The van der Waals surface area contributed by atoms with E-state index in [0.717, 1.165) is 73.9 Å². The van der Waals surface area contributed by atoms with E-state index in [0.29, 0.717) is 0 Å². The first-order chi connectivity index (χ1) is 27.2. The minimum absolute atomic E-state index is 0.0582. The van der Waals surface area contributed by atoms with Crippen molar-refractivity contribution in [2.24, 2.45) is 21.7 Å². The molecule has 0 unspecified atom stereocenters. The first-order valence-corrected chi connectivity index (χ1v) is 21.5. The Hall–Kier alpha value is -4.55. The average Bonchev–Trinajstić information content (AvgIpc) is 3.77. The summed E-state index contributed by atoms with van der Waals surface area (Å²) < 4.78 is 32.4. The summed E-state index contributed by atoms with van der Waals surface area (Å²) in [6.45, 7) is 23.6. The minimum Gasteiger partial charge on any atom is -0.497 e. The SMILES string of the molecule is COc1ccc(C2(c3ccc(OC)cc3)C=Cc3c4c(c5cc6c(cc5c3O2)SC(C(C)(C)C)(C(C)(C)C)O6)-c2ccc(OC)cc2C42CC(C)(C)C(C)(C)C2)cc1. The van der Waals surface area contributed by atoms with Crippen LogP contribution in [-0.2, 0) is 11.0 Å². The van der Waals surface area contributed by atoms with Gasteiger partial charge in [0.15, 0.2) is 10.5 Å². The van der Waals surface area contributed by atoms with E-state index in [9.17, 15) is 0 Å². The van der Waals surface area contributed by atoms with Crippen LogP contribution in [-0.4, -0.2) is 26.3 Å². The maximum absolute atomic E-state index is 7.83. The molecule has 302 valence electrons. The van der Waals surface area contributed by atoms with Crippen LogP contribution in [0.2, 0.25) is 0 Å². The Morgan fingerprint density at radius 2 is 1.16 bits per heavy atom. The van der Waals surface area contributed by atoms with E-state index >= 15 is 0 Å². The molecule has 2 heterocycles. The van der Waals surface area contributed by atoms with Crippen LogP contribution in [0.5, 0.6) is 28.7 Å². The van der Waals surface area contributed by atoms with Crippen molar-refractivity contribution in [3.8, 4) is 39.9 Å². The zero-order chi connectivity index (χ0) is 41.4. The molecular formula is C52H58O5S. The van der Waals surface area contributed by atoms with Crippen molar-refractivity contribution >= 4 is 28.6 Å². The van der Waals surface area contributed by atoms with Gasteiger partial charge in [0.25, 0.3) is 0 Å². The Labute approximate surface area is 349 Å². The van der Waals surface area contributed by atoms with Gasteiger partial charge in [-0.25, -0.2) is 0 Å². The number of rotatable bonds is 5. The fourth-order valence-electron chi connectivity index (χ4n) is 11.1. The highest BCUT2D eigenvalue weighted by Gasteiger charge is 2.61. The summed E-state index contributed by atoms with van der Waals surface area (Å²) in [5.41, 5.74) is 7.04. The molecule has 0 atom stereocenters. The third kappa shape index (κ3) is 5.22. The standard InChI is InChI=1S/C52H58O5S/c1-46(2,3)52(47(4,5)6)56-41-27-38-39(28-42(41)58-52)45-37(24-25-51(57-45,31-14-18-33(53-11)19-15-31)32-16-20-34(54-12)21-17-32)44-43(38)36-23-22-35(55-13)26-40(36)50(44)29-48(7,8)49(9,10)30-50/h14-28H,29-30H2,1-13H3. The fourth-order valence-corrected chi connectivity index (χ4v) is 12.6. The van der Waals surface area contributed by atoms with Gasteiger partial charge in [-0.15, -0.1) is 0 Å². The first kappa shape index (κ1) is 38.9. The highest BCUT2D eigenvalue weighted by atomic mass is 32.2. The largest absolute Gasteiger partial charge is 0.497 e. The lowest BCUT2D eigenvalue weighted by Crippen LogP contribution is -2.53. The summed E-state index contributed by atoms with van der Waals surface area (Å²) in [5.74, 6) is 4.32. The maximum Gasteiger partial charge on any atom is 0.178 e. The summed E-state index contributed by atoms with van der Waals surface area (Å²) in [6.07, 6.45) is 6.66. The zero-order valence-corrected chi connectivity index (χ0v) is 37.3. The van der Waals surface area contributed by atoms with Gasteiger partial charge in [-0.3, -0.25) is 0 Å². The van der Waals surface area contributed by atoms with Crippen LogP contribution >= 0.6 is 11.8 Å². The molecule has 1 spiro atoms. The van der Waals surface area contributed by atoms with E-state index in [1.807, 2.05) is 36.0 Å². The molecule has 9 rings (SSSR count). The van der Waals surface area contributed by atoms with Gasteiger partial charge in [-0.05, 0) is 106 Å². The number of benzene rings is 5. The highest BCUT2D eigenvalue weighted by molar-refractivity contribution is 8.01. The van der Waals surface area contributed by atoms with E-state index in [-0.39, 0.29) is 27.1 Å². The Balaban J connectivity index is 1.39. The Bertz CT molecular complexity index is 2430. The van der Waals surface area contributed by atoms with Gasteiger partial charge in [0, 0.05) is 38.3 Å². The third-order valence-electron chi connectivity index (χ3n) is 14.4. The van der Waals surface area contributed by atoms with Crippen LogP contribution in [0.15, 0.2) is 89.8 Å². The number of hydrogen-bond acceptors (Lipinski definition) is 6. The summed E-state index contributed by atoms with van der Waals surface area (Å²) in [7, 11) is 5.19. The average molecular weight is 795 g/mol. The molecule has 5 aromatic rings. The van der Waals surface area contributed by atoms with Crippen molar-refractivity contribution in [1.29, 1.82) is 0 Å². The lowest BCUT2D eigenvalue weighted by molar-refractivity contribution is -0.0296. The molecule has 1 saturated carbocycles. The third-order valence-corrected chi connectivity index (χ3v) is 16.6. The van der Waals surface area contributed by atoms with E-state index < -0.39 is 10.5 Å². The molecule has 1 fully saturated rings. The van der Waals surface area contributed by atoms with Crippen molar-refractivity contribution in [1.82, 2.24) is 0 Å². The highest BCUT2D eigenvalue weighted by Crippen LogP contribution is 2.71. The normalized spacial score (nSPS) is 19.8. The van der Waals surface area contributed by atoms with E-state index in [1.54, 1.807) is 21.3 Å². The van der Waals surface area contributed by atoms with Gasteiger partial charge in [-0.2, -0.15) is 0 Å². The van der Waals surface area contributed by atoms with Crippen LogP contribution in [0.4, 0.5) is 0 Å². The molecule has 0 amide bonds. The first-order valence-electron chi connectivity index (χ1n) is 20.7. The van der Waals surface area contributed by atoms with Crippen LogP contribution in [0, 0.1) is 21.7 Å². The molecule has 58 heavy (non-hydrogen) atoms. The van der Waals surface area contributed by atoms with E-state index in [2.05, 4.69) is 136 Å². The van der Waals surface area contributed by atoms with Gasteiger partial charge >= 0.3 is 0 Å². The van der Waals surface area contributed by atoms with Crippen LogP contribution in [0.1, 0.15) is 110 Å². The van der Waals surface area contributed by atoms with E-state index in [1.165, 1.54) is 22.3 Å². The Morgan fingerprint density at radius 3 is 1.67 bits per heavy atom. The Kier molecular flexibility index (Phi) is 8.38. The lowest BCUT2D eigenvalue weighted by atomic mass is 9.71. The molecule has 0 N–H and O–H groups in total. The molecule has 0 saturated heterocycles. The Morgan fingerprint density at radius 1 is 0.621 bits per heavy atom. The van der Waals surface area contributed by atoms with Crippen LogP contribution in [0.25, 0.3) is 28.0 Å².